The third-order valence-electron chi connectivity index (χ3n) is 8.00. The summed E-state index contributed by atoms with van der Waals surface area (Å²) in [6, 6.07) is 0. The standard InChI is InChI=1S/C17H26/c1-8-3-12-13(4-8)15-7-14(12)16-10-5-9(2)11(6-10)17(15)16/h8-17H,3-7H2,1-2H3. The van der Waals surface area contributed by atoms with E-state index in [1.54, 1.807) is 32.1 Å². The van der Waals surface area contributed by atoms with Crippen molar-refractivity contribution in [3.63, 3.8) is 0 Å². The Labute approximate surface area is 106 Å². The van der Waals surface area contributed by atoms with E-state index in [0.717, 1.165) is 17.8 Å². The molecule has 0 aromatic carbocycles. The van der Waals surface area contributed by atoms with Gasteiger partial charge in [-0.05, 0) is 91.3 Å². The zero-order valence-electron chi connectivity index (χ0n) is 11.3. The second-order valence-electron chi connectivity index (χ2n) is 8.50. The van der Waals surface area contributed by atoms with Gasteiger partial charge in [0.05, 0.1) is 0 Å². The van der Waals surface area contributed by atoms with Gasteiger partial charge in [-0.3, -0.25) is 0 Å². The molecule has 0 saturated heterocycles. The van der Waals surface area contributed by atoms with E-state index in [4.69, 9.17) is 0 Å². The Morgan fingerprint density at radius 1 is 0.588 bits per heavy atom. The molecule has 17 heavy (non-hydrogen) atoms. The topological polar surface area (TPSA) is 0 Å². The summed E-state index contributed by atoms with van der Waals surface area (Å²) >= 11 is 0. The highest BCUT2D eigenvalue weighted by Gasteiger charge is 2.67. The van der Waals surface area contributed by atoms with Crippen LogP contribution in [0.15, 0.2) is 0 Å². The fraction of sp³-hybridized carbons (Fsp3) is 1.00. The van der Waals surface area contributed by atoms with Gasteiger partial charge in [0.15, 0.2) is 0 Å². The Morgan fingerprint density at radius 3 is 2.06 bits per heavy atom. The minimum Gasteiger partial charge on any atom is -0.0625 e. The first-order valence-corrected chi connectivity index (χ1v) is 8.24. The zero-order valence-corrected chi connectivity index (χ0v) is 11.3. The molecule has 5 fully saturated rings. The van der Waals surface area contributed by atoms with Gasteiger partial charge in [0.25, 0.3) is 0 Å². The summed E-state index contributed by atoms with van der Waals surface area (Å²) in [5, 5.41) is 0. The van der Waals surface area contributed by atoms with E-state index < -0.39 is 0 Å². The van der Waals surface area contributed by atoms with Crippen molar-refractivity contribution in [1.29, 1.82) is 0 Å². The third-order valence-corrected chi connectivity index (χ3v) is 8.00. The summed E-state index contributed by atoms with van der Waals surface area (Å²) in [5.41, 5.74) is 0. The van der Waals surface area contributed by atoms with Gasteiger partial charge in [0.2, 0.25) is 0 Å². The van der Waals surface area contributed by atoms with Crippen molar-refractivity contribution in [3.05, 3.63) is 0 Å². The van der Waals surface area contributed by atoms with E-state index in [1.807, 2.05) is 0 Å². The molecule has 0 N–H and O–H groups in total. The van der Waals surface area contributed by atoms with Crippen molar-refractivity contribution >= 4 is 0 Å². The quantitative estimate of drug-likeness (QED) is 0.547. The predicted octanol–water partition coefficient (Wildman–Crippen LogP) is 4.21. The molecule has 5 aliphatic carbocycles. The molecule has 0 radical (unpaired) electrons. The Morgan fingerprint density at radius 2 is 1.29 bits per heavy atom. The first-order valence-electron chi connectivity index (χ1n) is 8.24. The summed E-state index contributed by atoms with van der Waals surface area (Å²) in [6.07, 6.45) is 8.10. The molecule has 0 nitrogen and oxygen atoms in total. The molecule has 5 aliphatic rings. The summed E-state index contributed by atoms with van der Waals surface area (Å²) in [6.45, 7) is 5.08. The molecule has 10 atom stereocenters. The zero-order chi connectivity index (χ0) is 11.3. The van der Waals surface area contributed by atoms with E-state index in [0.29, 0.717) is 0 Å². The van der Waals surface area contributed by atoms with Gasteiger partial charge in [-0.1, -0.05) is 13.8 Å². The predicted molar refractivity (Wildman–Crippen MR) is 69.3 cm³/mol. The first kappa shape index (κ1) is 9.87. The lowest BCUT2D eigenvalue weighted by Gasteiger charge is -2.42. The maximum Gasteiger partial charge on any atom is -0.0318 e. The highest BCUT2D eigenvalue weighted by molar-refractivity contribution is 5.15. The van der Waals surface area contributed by atoms with Crippen LogP contribution in [-0.2, 0) is 0 Å². The molecular weight excluding hydrogens is 204 g/mol. The van der Waals surface area contributed by atoms with Gasteiger partial charge in [-0.25, -0.2) is 0 Å². The molecule has 0 spiro atoms. The monoisotopic (exact) mass is 230 g/mol. The van der Waals surface area contributed by atoms with Crippen LogP contribution in [0.25, 0.3) is 0 Å². The SMILES string of the molecule is CC1CC2C(C1)C1CC2C2C3CC(C)C(C3)C12. The Bertz CT molecular complexity index is 359. The average Bonchev–Trinajstić information content (AvgIpc) is 2.94. The van der Waals surface area contributed by atoms with E-state index in [-0.39, 0.29) is 0 Å². The van der Waals surface area contributed by atoms with E-state index in [2.05, 4.69) is 13.8 Å². The molecule has 94 valence electrons. The highest BCUT2D eigenvalue weighted by atomic mass is 14.7. The van der Waals surface area contributed by atoms with Crippen molar-refractivity contribution < 1.29 is 0 Å². The van der Waals surface area contributed by atoms with Crippen LogP contribution in [0.5, 0.6) is 0 Å². The maximum absolute atomic E-state index is 2.56. The first-order chi connectivity index (χ1) is 8.24. The van der Waals surface area contributed by atoms with E-state index in [9.17, 15) is 0 Å². The van der Waals surface area contributed by atoms with Crippen molar-refractivity contribution in [2.75, 3.05) is 0 Å². The fourth-order valence-corrected chi connectivity index (χ4v) is 7.93. The molecule has 5 rings (SSSR count). The highest BCUT2D eigenvalue weighted by Crippen LogP contribution is 2.74. The average molecular weight is 230 g/mol. The summed E-state index contributed by atoms with van der Waals surface area (Å²) < 4.78 is 0. The largest absolute Gasteiger partial charge is 0.0625 e. The summed E-state index contributed by atoms with van der Waals surface area (Å²) in [4.78, 5) is 0. The van der Waals surface area contributed by atoms with Crippen LogP contribution in [0.2, 0.25) is 0 Å². The van der Waals surface area contributed by atoms with Crippen LogP contribution in [0, 0.1) is 59.2 Å². The van der Waals surface area contributed by atoms with Crippen LogP contribution < -0.4 is 0 Å². The van der Waals surface area contributed by atoms with Crippen LogP contribution >= 0.6 is 0 Å². The minimum absolute atomic E-state index is 1.06. The number of fused-ring (bicyclic) bond motifs is 12. The van der Waals surface area contributed by atoms with Gasteiger partial charge in [0.1, 0.15) is 0 Å². The lowest BCUT2D eigenvalue weighted by molar-refractivity contribution is 0.0508. The molecule has 0 aromatic heterocycles. The van der Waals surface area contributed by atoms with Crippen LogP contribution in [-0.4, -0.2) is 0 Å². The molecule has 4 bridgehead atoms. The Hall–Kier alpha value is 0. The van der Waals surface area contributed by atoms with Gasteiger partial charge in [0, 0.05) is 0 Å². The summed E-state index contributed by atoms with van der Waals surface area (Å²) in [7, 11) is 0. The van der Waals surface area contributed by atoms with Crippen molar-refractivity contribution in [1.82, 2.24) is 0 Å². The van der Waals surface area contributed by atoms with Gasteiger partial charge >= 0.3 is 0 Å². The lowest BCUT2D eigenvalue weighted by Crippen LogP contribution is -2.38. The molecule has 0 heteroatoms. The number of hydrogen-bond acceptors (Lipinski definition) is 0. The fourth-order valence-electron chi connectivity index (χ4n) is 7.93. The molecule has 5 saturated carbocycles. The van der Waals surface area contributed by atoms with Gasteiger partial charge < -0.3 is 0 Å². The minimum atomic E-state index is 1.06. The van der Waals surface area contributed by atoms with Crippen molar-refractivity contribution in [2.24, 2.45) is 59.2 Å². The smallest absolute Gasteiger partial charge is 0.0318 e. The Balaban J connectivity index is 1.53. The van der Waals surface area contributed by atoms with Crippen LogP contribution in [0.4, 0.5) is 0 Å². The molecule has 0 aromatic rings. The normalized spacial score (nSPS) is 70.9. The van der Waals surface area contributed by atoms with Crippen molar-refractivity contribution in [2.45, 2.75) is 46.0 Å². The van der Waals surface area contributed by atoms with E-state index in [1.165, 1.54) is 41.4 Å². The number of rotatable bonds is 0. The van der Waals surface area contributed by atoms with Gasteiger partial charge in [-0.15, -0.1) is 0 Å². The maximum atomic E-state index is 2.56. The van der Waals surface area contributed by atoms with Gasteiger partial charge in [-0.2, -0.15) is 0 Å². The van der Waals surface area contributed by atoms with Crippen LogP contribution in [0.1, 0.15) is 46.0 Å². The van der Waals surface area contributed by atoms with Crippen molar-refractivity contribution in [3.8, 4) is 0 Å². The molecule has 0 aliphatic heterocycles. The third kappa shape index (κ3) is 1.00. The Kier molecular flexibility index (Phi) is 1.71. The molecule has 10 unspecified atom stereocenters. The summed E-state index contributed by atoms with van der Waals surface area (Å²) in [5.74, 6) is 11.7. The molecule has 0 amide bonds. The van der Waals surface area contributed by atoms with Crippen LogP contribution in [0.3, 0.4) is 0 Å². The second kappa shape index (κ2) is 2.94. The second-order valence-corrected chi connectivity index (χ2v) is 8.50. The lowest BCUT2D eigenvalue weighted by atomic mass is 9.62. The van der Waals surface area contributed by atoms with E-state index >= 15 is 0 Å². The number of hydrogen-bond donors (Lipinski definition) is 0. The molecular formula is C17H26. The molecule has 0 heterocycles.